The molecule has 8 heteroatoms. The number of halogens is 4. The first-order valence-corrected chi connectivity index (χ1v) is 8.18. The van der Waals surface area contributed by atoms with Gasteiger partial charge >= 0.3 is 6.18 Å². The van der Waals surface area contributed by atoms with Gasteiger partial charge in [-0.25, -0.2) is 0 Å². The molecule has 2 rings (SSSR count). The summed E-state index contributed by atoms with van der Waals surface area (Å²) in [5.74, 6) is 0.874. The van der Waals surface area contributed by atoms with Crippen LogP contribution in [0.15, 0.2) is 35.3 Å². The summed E-state index contributed by atoms with van der Waals surface area (Å²) in [7, 11) is 1.69. The topological polar surface area (TPSA) is 39.7 Å². The van der Waals surface area contributed by atoms with Gasteiger partial charge in [0.05, 0.1) is 12.6 Å². The van der Waals surface area contributed by atoms with Crippen LogP contribution in [-0.2, 0) is 0 Å². The van der Waals surface area contributed by atoms with E-state index in [0.717, 1.165) is 12.0 Å². The van der Waals surface area contributed by atoms with Crippen molar-refractivity contribution in [3.63, 3.8) is 0 Å². The van der Waals surface area contributed by atoms with Gasteiger partial charge in [0.25, 0.3) is 0 Å². The lowest BCUT2D eigenvalue weighted by molar-refractivity contribution is -0.143. The van der Waals surface area contributed by atoms with Crippen LogP contribution in [0, 0.1) is 5.92 Å². The van der Waals surface area contributed by atoms with Crippen molar-refractivity contribution in [2.45, 2.75) is 25.6 Å². The van der Waals surface area contributed by atoms with Gasteiger partial charge in [0.15, 0.2) is 5.96 Å². The maximum Gasteiger partial charge on any atom is 0.401 e. The number of nitrogens with one attached hydrogen (secondary N) is 2. The van der Waals surface area contributed by atoms with Crippen molar-refractivity contribution in [2.75, 3.05) is 33.2 Å². The highest BCUT2D eigenvalue weighted by Gasteiger charge is 2.34. The molecular weight excluding hydrogens is 444 g/mol. The lowest BCUT2D eigenvalue weighted by atomic mass is 10.1. The van der Waals surface area contributed by atoms with Gasteiger partial charge in [0.1, 0.15) is 0 Å². The lowest BCUT2D eigenvalue weighted by Crippen LogP contribution is -2.41. The molecule has 1 aromatic carbocycles. The van der Waals surface area contributed by atoms with Crippen LogP contribution in [0.25, 0.3) is 0 Å². The van der Waals surface area contributed by atoms with Crippen LogP contribution in [0.1, 0.15) is 24.9 Å². The fraction of sp³-hybridized carbons (Fsp3) is 0.588. The first-order chi connectivity index (χ1) is 11.4. The Labute approximate surface area is 164 Å². The van der Waals surface area contributed by atoms with E-state index in [1.165, 1.54) is 4.90 Å². The van der Waals surface area contributed by atoms with E-state index >= 15 is 0 Å². The van der Waals surface area contributed by atoms with Gasteiger partial charge in [-0.05, 0) is 31.4 Å². The number of benzene rings is 1. The van der Waals surface area contributed by atoms with Crippen molar-refractivity contribution in [3.05, 3.63) is 35.9 Å². The SMILES string of the molecule is CN=C(NCC1CCN(CC(F)(F)F)C1)NC(C)c1ccccc1.I. The Morgan fingerprint density at radius 2 is 2.00 bits per heavy atom. The van der Waals surface area contributed by atoms with Crippen molar-refractivity contribution >= 4 is 29.9 Å². The second-order valence-corrected chi connectivity index (χ2v) is 6.23. The molecule has 0 saturated carbocycles. The zero-order valence-corrected chi connectivity index (χ0v) is 16.8. The van der Waals surface area contributed by atoms with Crippen LogP contribution in [0.2, 0.25) is 0 Å². The molecule has 1 saturated heterocycles. The van der Waals surface area contributed by atoms with Crippen LogP contribution in [-0.4, -0.2) is 50.3 Å². The van der Waals surface area contributed by atoms with E-state index < -0.39 is 12.7 Å². The van der Waals surface area contributed by atoms with E-state index in [2.05, 4.69) is 15.6 Å². The van der Waals surface area contributed by atoms with Gasteiger partial charge in [0, 0.05) is 20.1 Å². The predicted octanol–water partition coefficient (Wildman–Crippen LogP) is 3.41. The molecule has 0 aliphatic carbocycles. The fourth-order valence-corrected chi connectivity index (χ4v) is 2.94. The third-order valence-electron chi connectivity index (χ3n) is 4.21. The highest BCUT2D eigenvalue weighted by atomic mass is 127. The molecule has 25 heavy (non-hydrogen) atoms. The number of hydrogen-bond acceptors (Lipinski definition) is 2. The molecule has 1 aromatic rings. The highest BCUT2D eigenvalue weighted by molar-refractivity contribution is 14.0. The van der Waals surface area contributed by atoms with Gasteiger partial charge in [-0.3, -0.25) is 9.89 Å². The molecular formula is C17H26F3IN4. The van der Waals surface area contributed by atoms with E-state index in [9.17, 15) is 13.2 Å². The minimum absolute atomic E-state index is 0. The quantitative estimate of drug-likeness (QED) is 0.394. The summed E-state index contributed by atoms with van der Waals surface area (Å²) in [6, 6.07) is 10.1. The minimum Gasteiger partial charge on any atom is -0.356 e. The van der Waals surface area contributed by atoms with Crippen molar-refractivity contribution in [2.24, 2.45) is 10.9 Å². The Morgan fingerprint density at radius 3 is 2.60 bits per heavy atom. The Kier molecular flexibility index (Phi) is 8.98. The molecule has 1 heterocycles. The molecule has 4 nitrogen and oxygen atoms in total. The monoisotopic (exact) mass is 470 g/mol. The van der Waals surface area contributed by atoms with Crippen LogP contribution < -0.4 is 10.6 Å². The number of nitrogens with zero attached hydrogens (tertiary/aromatic N) is 2. The van der Waals surface area contributed by atoms with E-state index in [1.54, 1.807) is 7.05 Å². The normalized spacial score (nSPS) is 20.0. The third kappa shape index (κ3) is 7.81. The number of aliphatic imine (C=N–C) groups is 1. The molecule has 2 N–H and O–H groups in total. The first-order valence-electron chi connectivity index (χ1n) is 8.18. The lowest BCUT2D eigenvalue weighted by Gasteiger charge is -2.20. The van der Waals surface area contributed by atoms with Gasteiger partial charge in [-0.15, -0.1) is 24.0 Å². The second kappa shape index (κ2) is 10.2. The Hall–Kier alpha value is -1.03. The summed E-state index contributed by atoms with van der Waals surface area (Å²) in [4.78, 5) is 5.66. The van der Waals surface area contributed by atoms with E-state index in [-0.39, 0.29) is 35.9 Å². The smallest absolute Gasteiger partial charge is 0.356 e. The maximum absolute atomic E-state index is 12.4. The van der Waals surface area contributed by atoms with E-state index in [1.807, 2.05) is 37.3 Å². The van der Waals surface area contributed by atoms with Gasteiger partial charge in [0.2, 0.25) is 0 Å². The molecule has 0 aromatic heterocycles. The van der Waals surface area contributed by atoms with Crippen molar-refractivity contribution in [3.8, 4) is 0 Å². The summed E-state index contributed by atoms with van der Waals surface area (Å²) in [6.45, 7) is 2.82. The molecule has 1 fully saturated rings. The van der Waals surface area contributed by atoms with Crippen LogP contribution in [0.4, 0.5) is 13.2 Å². The van der Waals surface area contributed by atoms with Crippen LogP contribution >= 0.6 is 24.0 Å². The number of rotatable bonds is 5. The highest BCUT2D eigenvalue weighted by Crippen LogP contribution is 2.22. The zero-order valence-electron chi connectivity index (χ0n) is 14.5. The number of likely N-dealkylation sites (tertiary alicyclic amines) is 1. The Morgan fingerprint density at radius 1 is 1.32 bits per heavy atom. The van der Waals surface area contributed by atoms with Gasteiger partial charge in [-0.2, -0.15) is 13.2 Å². The van der Waals surface area contributed by atoms with Crippen LogP contribution in [0.3, 0.4) is 0 Å². The number of hydrogen-bond donors (Lipinski definition) is 2. The van der Waals surface area contributed by atoms with Crippen molar-refractivity contribution in [1.82, 2.24) is 15.5 Å². The van der Waals surface area contributed by atoms with Crippen molar-refractivity contribution < 1.29 is 13.2 Å². The summed E-state index contributed by atoms with van der Waals surface area (Å²) in [5.41, 5.74) is 1.15. The van der Waals surface area contributed by atoms with Gasteiger partial charge < -0.3 is 10.6 Å². The number of alkyl halides is 3. The summed E-state index contributed by atoms with van der Waals surface area (Å²) in [5, 5.41) is 6.53. The van der Waals surface area contributed by atoms with E-state index in [0.29, 0.717) is 25.6 Å². The molecule has 1 aliphatic rings. The van der Waals surface area contributed by atoms with E-state index in [4.69, 9.17) is 0 Å². The standard InChI is InChI=1S/C17H25F3N4.HI/c1-13(15-6-4-3-5-7-15)23-16(21-2)22-10-14-8-9-24(11-14)12-17(18,19)20;/h3-7,13-14H,8-12H2,1-2H3,(H2,21,22,23);1H. The average Bonchev–Trinajstić information content (AvgIpc) is 2.97. The molecule has 0 amide bonds. The van der Waals surface area contributed by atoms with Crippen molar-refractivity contribution in [1.29, 1.82) is 0 Å². The fourth-order valence-electron chi connectivity index (χ4n) is 2.94. The summed E-state index contributed by atoms with van der Waals surface area (Å²) >= 11 is 0. The summed E-state index contributed by atoms with van der Waals surface area (Å²) in [6.07, 6.45) is -3.35. The van der Waals surface area contributed by atoms with Crippen LogP contribution in [0.5, 0.6) is 0 Å². The average molecular weight is 470 g/mol. The van der Waals surface area contributed by atoms with Gasteiger partial charge in [-0.1, -0.05) is 30.3 Å². The Bertz CT molecular complexity index is 536. The molecule has 0 spiro atoms. The first kappa shape index (κ1) is 22.0. The molecule has 2 atom stereocenters. The Balaban J connectivity index is 0.00000312. The summed E-state index contributed by atoms with van der Waals surface area (Å²) < 4.78 is 37.3. The molecule has 0 radical (unpaired) electrons. The molecule has 2 unspecified atom stereocenters. The zero-order chi connectivity index (χ0) is 17.6. The molecule has 1 aliphatic heterocycles. The molecule has 142 valence electrons. The second-order valence-electron chi connectivity index (χ2n) is 6.23. The molecule has 0 bridgehead atoms. The predicted molar refractivity (Wildman–Crippen MR) is 105 cm³/mol. The minimum atomic E-state index is -4.12. The maximum atomic E-state index is 12.4. The third-order valence-corrected chi connectivity index (χ3v) is 4.21. The number of guanidine groups is 1. The largest absolute Gasteiger partial charge is 0.401 e.